The van der Waals surface area contributed by atoms with E-state index in [1.165, 1.54) is 5.56 Å². The van der Waals surface area contributed by atoms with Gasteiger partial charge in [-0.3, -0.25) is 10.1 Å². The number of carbonyl (C=O) groups is 1. The average Bonchev–Trinajstić information content (AvgIpc) is 3.10. The van der Waals surface area contributed by atoms with E-state index in [-0.39, 0.29) is 17.8 Å². The molecule has 134 valence electrons. The first kappa shape index (κ1) is 17.9. The van der Waals surface area contributed by atoms with Gasteiger partial charge in [-0.25, -0.2) is 0 Å². The van der Waals surface area contributed by atoms with Crippen molar-refractivity contribution in [2.75, 3.05) is 5.32 Å². The molecular weight excluding hydrogens is 326 g/mol. The highest BCUT2D eigenvalue weighted by Crippen LogP contribution is 2.25. The molecule has 0 aliphatic carbocycles. The average molecular weight is 349 g/mol. The first-order chi connectivity index (χ1) is 12.5. The maximum atomic E-state index is 12.1. The van der Waals surface area contributed by atoms with Crippen molar-refractivity contribution in [2.45, 2.75) is 33.1 Å². The van der Waals surface area contributed by atoms with Crippen molar-refractivity contribution in [1.29, 1.82) is 0 Å². The lowest BCUT2D eigenvalue weighted by atomic mass is 9.97. The second kappa shape index (κ2) is 7.95. The van der Waals surface area contributed by atoms with Crippen LogP contribution in [0.1, 0.15) is 54.1 Å². The number of hydrogen-bond donors (Lipinski definition) is 1. The predicted octanol–water partition coefficient (Wildman–Crippen LogP) is 4.67. The largest absolute Gasteiger partial charge is 0.407 e. The third-order valence-electron chi connectivity index (χ3n) is 4.19. The number of anilines is 1. The summed E-state index contributed by atoms with van der Waals surface area (Å²) >= 11 is 0. The van der Waals surface area contributed by atoms with Gasteiger partial charge in [-0.05, 0) is 42.5 Å². The van der Waals surface area contributed by atoms with Gasteiger partial charge in [0.05, 0.1) is 5.92 Å². The van der Waals surface area contributed by atoms with Crippen LogP contribution >= 0.6 is 0 Å². The van der Waals surface area contributed by atoms with Crippen molar-refractivity contribution >= 4 is 11.9 Å². The van der Waals surface area contributed by atoms with Crippen LogP contribution in [0.15, 0.2) is 59.0 Å². The van der Waals surface area contributed by atoms with Crippen molar-refractivity contribution in [3.63, 3.8) is 0 Å². The third-order valence-corrected chi connectivity index (χ3v) is 4.19. The fourth-order valence-electron chi connectivity index (χ4n) is 2.78. The number of nitrogens with zero attached hydrogens (tertiary/aromatic N) is 2. The molecule has 5 nitrogen and oxygen atoms in total. The van der Waals surface area contributed by atoms with Gasteiger partial charge in [0.1, 0.15) is 0 Å². The van der Waals surface area contributed by atoms with E-state index in [2.05, 4.69) is 53.6 Å². The van der Waals surface area contributed by atoms with Crippen molar-refractivity contribution in [2.24, 2.45) is 5.92 Å². The van der Waals surface area contributed by atoms with Gasteiger partial charge in [0, 0.05) is 5.56 Å². The van der Waals surface area contributed by atoms with E-state index in [0.717, 1.165) is 12.0 Å². The molecule has 2 aromatic carbocycles. The topological polar surface area (TPSA) is 68.0 Å². The van der Waals surface area contributed by atoms with E-state index in [1.54, 1.807) is 24.3 Å². The highest BCUT2D eigenvalue weighted by molar-refractivity contribution is 6.03. The Labute approximate surface area is 153 Å². The number of hydrogen-bond acceptors (Lipinski definition) is 4. The van der Waals surface area contributed by atoms with Gasteiger partial charge in [0.25, 0.3) is 5.91 Å². The minimum absolute atomic E-state index is 0.0435. The molecule has 1 unspecified atom stereocenters. The summed E-state index contributed by atoms with van der Waals surface area (Å²) in [7, 11) is 0. The first-order valence-electron chi connectivity index (χ1n) is 8.81. The van der Waals surface area contributed by atoms with Crippen molar-refractivity contribution in [3.8, 4) is 0 Å². The Hall–Kier alpha value is -2.95. The minimum atomic E-state index is -0.272. The van der Waals surface area contributed by atoms with Gasteiger partial charge in [0.2, 0.25) is 5.89 Å². The van der Waals surface area contributed by atoms with Crippen LogP contribution in [0.3, 0.4) is 0 Å². The molecule has 0 fully saturated rings. The van der Waals surface area contributed by atoms with E-state index in [0.29, 0.717) is 17.4 Å². The monoisotopic (exact) mass is 349 g/mol. The van der Waals surface area contributed by atoms with Gasteiger partial charge < -0.3 is 4.42 Å². The maximum absolute atomic E-state index is 12.1. The maximum Gasteiger partial charge on any atom is 0.322 e. The Kier molecular flexibility index (Phi) is 5.46. The second-order valence-corrected chi connectivity index (χ2v) is 6.83. The van der Waals surface area contributed by atoms with Crippen LogP contribution in [0, 0.1) is 5.92 Å². The van der Waals surface area contributed by atoms with E-state index in [4.69, 9.17) is 4.42 Å². The smallest absolute Gasteiger partial charge is 0.322 e. The fraction of sp³-hybridized carbons (Fsp3) is 0.286. The van der Waals surface area contributed by atoms with Crippen LogP contribution in [0.5, 0.6) is 0 Å². The highest BCUT2D eigenvalue weighted by atomic mass is 16.4. The zero-order valence-corrected chi connectivity index (χ0v) is 15.3. The summed E-state index contributed by atoms with van der Waals surface area (Å²) in [5, 5.41) is 10.7. The molecule has 5 heteroatoms. The number of carbonyl (C=O) groups excluding carboxylic acids is 1. The van der Waals surface area contributed by atoms with Gasteiger partial charge >= 0.3 is 6.01 Å². The lowest BCUT2D eigenvalue weighted by molar-refractivity contribution is 0.102. The second-order valence-electron chi connectivity index (χ2n) is 6.83. The molecule has 0 bridgehead atoms. The summed E-state index contributed by atoms with van der Waals surface area (Å²) < 4.78 is 5.63. The Morgan fingerprint density at radius 3 is 2.35 bits per heavy atom. The number of rotatable bonds is 6. The predicted molar refractivity (Wildman–Crippen MR) is 101 cm³/mol. The fourth-order valence-corrected chi connectivity index (χ4v) is 2.78. The van der Waals surface area contributed by atoms with Crippen LogP contribution in [0.2, 0.25) is 0 Å². The molecule has 1 aromatic heterocycles. The number of benzene rings is 2. The summed E-state index contributed by atoms with van der Waals surface area (Å²) in [6, 6.07) is 17.5. The van der Waals surface area contributed by atoms with Gasteiger partial charge in [-0.15, -0.1) is 5.10 Å². The van der Waals surface area contributed by atoms with Crippen molar-refractivity contribution < 1.29 is 9.21 Å². The summed E-state index contributed by atoms with van der Waals surface area (Å²) in [4.78, 5) is 12.1. The zero-order chi connectivity index (χ0) is 18.5. The van der Waals surface area contributed by atoms with Crippen LogP contribution in [0.25, 0.3) is 0 Å². The van der Waals surface area contributed by atoms with E-state index >= 15 is 0 Å². The molecule has 1 atom stereocenters. The Bertz CT molecular complexity index is 854. The first-order valence-corrected chi connectivity index (χ1v) is 8.81. The molecule has 3 rings (SSSR count). The molecule has 0 radical (unpaired) electrons. The lowest BCUT2D eigenvalue weighted by Gasteiger charge is -2.09. The van der Waals surface area contributed by atoms with Gasteiger partial charge in [0.15, 0.2) is 0 Å². The van der Waals surface area contributed by atoms with Crippen LogP contribution < -0.4 is 5.32 Å². The molecule has 1 amide bonds. The molecule has 1 N–H and O–H groups in total. The molecule has 0 aliphatic heterocycles. The number of nitrogens with one attached hydrogen (secondary N) is 1. The number of aromatic nitrogens is 2. The minimum Gasteiger partial charge on any atom is -0.407 e. The molecule has 26 heavy (non-hydrogen) atoms. The van der Waals surface area contributed by atoms with Crippen molar-refractivity contribution in [1.82, 2.24) is 10.2 Å². The van der Waals surface area contributed by atoms with Gasteiger partial charge in [-0.1, -0.05) is 61.4 Å². The summed E-state index contributed by atoms with van der Waals surface area (Å²) in [5.74, 6) is 0.791. The molecule has 0 aliphatic rings. The van der Waals surface area contributed by atoms with Crippen molar-refractivity contribution in [3.05, 3.63) is 77.2 Å². The van der Waals surface area contributed by atoms with Crippen LogP contribution in [-0.4, -0.2) is 16.1 Å². The molecule has 3 aromatic rings. The van der Waals surface area contributed by atoms with Gasteiger partial charge in [-0.2, -0.15) is 0 Å². The Balaban J connectivity index is 1.68. The Morgan fingerprint density at radius 1 is 1.00 bits per heavy atom. The summed E-state index contributed by atoms with van der Waals surface area (Å²) in [6.07, 6.45) is 1.06. The number of amides is 1. The molecule has 1 heterocycles. The standard InChI is InChI=1S/C21H23N3O2/c1-14(2)13-16-9-11-17(12-10-16)15(3)20-23-24-21(26-20)22-19(25)18-7-5-4-6-8-18/h4-12,14-15H,13H2,1-3H3,(H,22,24,25). The normalized spacial score (nSPS) is 12.2. The highest BCUT2D eigenvalue weighted by Gasteiger charge is 2.17. The molecule has 0 saturated heterocycles. The Morgan fingerprint density at radius 2 is 1.69 bits per heavy atom. The van der Waals surface area contributed by atoms with E-state index < -0.39 is 0 Å². The van der Waals surface area contributed by atoms with E-state index in [1.807, 2.05) is 13.0 Å². The van der Waals surface area contributed by atoms with Crippen LogP contribution in [0.4, 0.5) is 6.01 Å². The SMILES string of the molecule is CC(C)Cc1ccc(C(C)c2nnc(NC(=O)c3ccccc3)o2)cc1. The third kappa shape index (κ3) is 4.36. The molecular formula is C21H23N3O2. The zero-order valence-electron chi connectivity index (χ0n) is 15.3. The van der Waals surface area contributed by atoms with Crippen LogP contribution in [-0.2, 0) is 6.42 Å². The lowest BCUT2D eigenvalue weighted by Crippen LogP contribution is -2.11. The summed E-state index contributed by atoms with van der Waals surface area (Å²) in [5.41, 5.74) is 2.96. The summed E-state index contributed by atoms with van der Waals surface area (Å²) in [6.45, 7) is 6.42. The molecule has 0 spiro atoms. The quantitative estimate of drug-likeness (QED) is 0.702. The molecule has 0 saturated carbocycles. The van der Waals surface area contributed by atoms with E-state index in [9.17, 15) is 4.79 Å².